The van der Waals surface area contributed by atoms with Crippen LogP contribution in [0, 0.1) is 11.3 Å². The molecular formula is C23H25NO6. The zero-order chi connectivity index (χ0) is 21.4. The van der Waals surface area contributed by atoms with Gasteiger partial charge in [-0.25, -0.2) is 0 Å². The van der Waals surface area contributed by atoms with Gasteiger partial charge in [0.05, 0.1) is 12.2 Å². The highest BCUT2D eigenvalue weighted by Crippen LogP contribution is 2.40. The van der Waals surface area contributed by atoms with Crippen LogP contribution in [0.25, 0.3) is 0 Å². The molecule has 0 amide bonds. The van der Waals surface area contributed by atoms with Crippen molar-refractivity contribution in [1.29, 1.82) is 5.26 Å². The highest BCUT2D eigenvalue weighted by molar-refractivity contribution is 5.52. The number of aliphatic hydroxyl groups excluding tert-OH is 4. The molecule has 158 valence electrons. The van der Waals surface area contributed by atoms with E-state index in [1.54, 1.807) is 6.07 Å². The maximum atomic E-state index is 10.4. The quantitative estimate of drug-likeness (QED) is 0.500. The Labute approximate surface area is 174 Å². The molecule has 0 unspecified atom stereocenters. The van der Waals surface area contributed by atoms with Crippen molar-refractivity contribution >= 4 is 0 Å². The first kappa shape index (κ1) is 20.8. The SMILES string of the molecule is N#Cc1c(O)cc([C@@H]2O[C@H](CO)[C@@H](O)[C@H](O)[C@H]2O)cc1Cc1ccc(C2CC2)cc1. The lowest BCUT2D eigenvalue weighted by Gasteiger charge is -2.40. The minimum absolute atomic E-state index is 0.134. The van der Waals surface area contributed by atoms with Crippen molar-refractivity contribution in [3.05, 3.63) is 64.2 Å². The first-order chi connectivity index (χ1) is 14.4. The lowest BCUT2D eigenvalue weighted by atomic mass is 9.88. The van der Waals surface area contributed by atoms with Crippen LogP contribution in [0.2, 0.25) is 0 Å². The van der Waals surface area contributed by atoms with E-state index in [0.717, 1.165) is 5.56 Å². The van der Waals surface area contributed by atoms with Gasteiger partial charge in [-0.05, 0) is 53.5 Å². The van der Waals surface area contributed by atoms with E-state index in [1.165, 1.54) is 24.5 Å². The highest BCUT2D eigenvalue weighted by Gasteiger charge is 2.44. The molecule has 0 spiro atoms. The number of nitrogens with zero attached hydrogens (tertiary/aromatic N) is 1. The number of rotatable bonds is 5. The third-order valence-corrected chi connectivity index (χ3v) is 5.98. The molecule has 5 N–H and O–H groups in total. The maximum absolute atomic E-state index is 10.4. The van der Waals surface area contributed by atoms with Crippen molar-refractivity contribution in [2.45, 2.75) is 55.7 Å². The van der Waals surface area contributed by atoms with Crippen molar-refractivity contribution in [1.82, 2.24) is 0 Å². The van der Waals surface area contributed by atoms with Crippen LogP contribution in [0.15, 0.2) is 36.4 Å². The van der Waals surface area contributed by atoms with Gasteiger partial charge in [-0.3, -0.25) is 0 Å². The average Bonchev–Trinajstić information content (AvgIpc) is 3.58. The van der Waals surface area contributed by atoms with Gasteiger partial charge in [0.25, 0.3) is 0 Å². The second-order valence-electron chi connectivity index (χ2n) is 8.13. The highest BCUT2D eigenvalue weighted by atomic mass is 16.5. The van der Waals surface area contributed by atoms with Gasteiger partial charge in [-0.15, -0.1) is 0 Å². The molecule has 1 saturated heterocycles. The number of ether oxygens (including phenoxy) is 1. The summed E-state index contributed by atoms with van der Waals surface area (Å²) in [5.74, 6) is 0.392. The van der Waals surface area contributed by atoms with E-state index in [2.05, 4.69) is 12.1 Å². The molecule has 1 heterocycles. The van der Waals surface area contributed by atoms with E-state index in [0.29, 0.717) is 23.5 Å². The Morgan fingerprint density at radius 2 is 1.67 bits per heavy atom. The number of phenolic OH excluding ortho intramolecular Hbond substituents is 1. The molecule has 2 aromatic rings. The standard InChI is InChI=1S/C23H25NO6/c24-10-17-15(7-12-1-3-13(4-2-12)14-5-6-14)8-16(9-18(17)26)23-22(29)21(28)20(27)19(11-25)30-23/h1-4,8-9,14,19-23,25-29H,5-7,11H2/t19-,20-,21+,22-,23+/m1/s1. The average molecular weight is 411 g/mol. The van der Waals surface area contributed by atoms with E-state index in [4.69, 9.17) is 4.74 Å². The summed E-state index contributed by atoms with van der Waals surface area (Å²) in [4.78, 5) is 0. The molecule has 2 aliphatic rings. The van der Waals surface area contributed by atoms with Crippen molar-refractivity contribution < 1.29 is 30.3 Å². The third kappa shape index (κ3) is 3.93. The number of hydrogen-bond donors (Lipinski definition) is 5. The van der Waals surface area contributed by atoms with Crippen molar-refractivity contribution in [2.75, 3.05) is 6.61 Å². The molecule has 1 aliphatic carbocycles. The largest absolute Gasteiger partial charge is 0.507 e. The summed E-state index contributed by atoms with van der Waals surface area (Å²) in [5.41, 5.74) is 3.32. The second-order valence-corrected chi connectivity index (χ2v) is 8.13. The molecular weight excluding hydrogens is 386 g/mol. The molecule has 2 aromatic carbocycles. The van der Waals surface area contributed by atoms with Crippen LogP contribution in [-0.2, 0) is 11.2 Å². The van der Waals surface area contributed by atoms with Gasteiger partial charge in [-0.1, -0.05) is 30.3 Å². The molecule has 2 fully saturated rings. The van der Waals surface area contributed by atoms with Gasteiger partial charge in [0.1, 0.15) is 42.3 Å². The van der Waals surface area contributed by atoms with Gasteiger partial charge < -0.3 is 30.3 Å². The van der Waals surface area contributed by atoms with Crippen molar-refractivity contribution in [3.8, 4) is 11.8 Å². The zero-order valence-electron chi connectivity index (χ0n) is 16.3. The number of phenols is 1. The van der Waals surface area contributed by atoms with Crippen LogP contribution in [0.3, 0.4) is 0 Å². The number of aliphatic hydroxyl groups is 4. The van der Waals surface area contributed by atoms with Crippen LogP contribution >= 0.6 is 0 Å². The Morgan fingerprint density at radius 3 is 2.27 bits per heavy atom. The Hall–Kier alpha value is -2.47. The molecule has 0 radical (unpaired) electrons. The Morgan fingerprint density at radius 1 is 0.967 bits per heavy atom. The first-order valence-electron chi connectivity index (χ1n) is 10.1. The minimum atomic E-state index is -1.52. The lowest BCUT2D eigenvalue weighted by Crippen LogP contribution is -2.55. The summed E-state index contributed by atoms with van der Waals surface area (Å²) in [5, 5.41) is 59.8. The molecule has 7 nitrogen and oxygen atoms in total. The summed E-state index contributed by atoms with van der Waals surface area (Å²) in [6.45, 7) is -0.538. The fourth-order valence-electron chi connectivity index (χ4n) is 4.06. The van der Waals surface area contributed by atoms with Crippen molar-refractivity contribution in [2.24, 2.45) is 0 Å². The van der Waals surface area contributed by atoms with Gasteiger partial charge in [0, 0.05) is 0 Å². The predicted octanol–water partition coefficient (Wildman–Crippen LogP) is 1.25. The normalized spacial score (nSPS) is 28.8. The molecule has 0 aromatic heterocycles. The summed E-state index contributed by atoms with van der Waals surface area (Å²) in [6, 6.07) is 13.2. The third-order valence-electron chi connectivity index (χ3n) is 5.98. The van der Waals surface area contributed by atoms with Crippen LogP contribution in [0.4, 0.5) is 0 Å². The molecule has 0 bridgehead atoms. The predicted molar refractivity (Wildman–Crippen MR) is 107 cm³/mol. The second kappa shape index (κ2) is 8.34. The number of hydrogen-bond acceptors (Lipinski definition) is 7. The first-order valence-corrected chi connectivity index (χ1v) is 10.1. The van der Waals surface area contributed by atoms with E-state index in [9.17, 15) is 30.8 Å². The van der Waals surface area contributed by atoms with E-state index >= 15 is 0 Å². The Balaban J connectivity index is 1.65. The van der Waals surface area contributed by atoms with Gasteiger partial charge in [-0.2, -0.15) is 5.26 Å². The van der Waals surface area contributed by atoms with E-state index in [-0.39, 0.29) is 11.3 Å². The van der Waals surface area contributed by atoms with Crippen molar-refractivity contribution in [3.63, 3.8) is 0 Å². The van der Waals surface area contributed by atoms with Gasteiger partial charge in [0.15, 0.2) is 0 Å². The Kier molecular flexibility index (Phi) is 5.78. The summed E-state index contributed by atoms with van der Waals surface area (Å²) >= 11 is 0. The summed E-state index contributed by atoms with van der Waals surface area (Å²) < 4.78 is 5.60. The molecule has 4 rings (SSSR count). The fraction of sp³-hybridized carbons (Fsp3) is 0.435. The van der Waals surface area contributed by atoms with Gasteiger partial charge in [0.2, 0.25) is 0 Å². The molecule has 30 heavy (non-hydrogen) atoms. The topological polar surface area (TPSA) is 134 Å². The lowest BCUT2D eigenvalue weighted by molar-refractivity contribution is -0.231. The van der Waals surface area contributed by atoms with E-state index in [1.807, 2.05) is 18.2 Å². The maximum Gasteiger partial charge on any atom is 0.134 e. The van der Waals surface area contributed by atoms with E-state index < -0.39 is 37.1 Å². The zero-order valence-corrected chi connectivity index (χ0v) is 16.3. The Bertz CT molecular complexity index is 947. The van der Waals surface area contributed by atoms with Gasteiger partial charge >= 0.3 is 0 Å². The summed E-state index contributed by atoms with van der Waals surface area (Å²) in [6.07, 6.45) is -3.73. The minimum Gasteiger partial charge on any atom is -0.507 e. The summed E-state index contributed by atoms with van der Waals surface area (Å²) in [7, 11) is 0. The van der Waals surface area contributed by atoms with Crippen LogP contribution < -0.4 is 0 Å². The smallest absolute Gasteiger partial charge is 0.134 e. The van der Waals surface area contributed by atoms with Crippen LogP contribution in [0.5, 0.6) is 5.75 Å². The number of aromatic hydroxyl groups is 1. The fourth-order valence-corrected chi connectivity index (χ4v) is 4.06. The molecule has 5 atom stereocenters. The molecule has 1 saturated carbocycles. The molecule has 1 aliphatic heterocycles. The monoisotopic (exact) mass is 411 g/mol. The number of nitriles is 1. The molecule has 7 heteroatoms. The van der Waals surface area contributed by atoms with Crippen LogP contribution in [-0.4, -0.2) is 56.6 Å². The van der Waals surface area contributed by atoms with Crippen LogP contribution in [0.1, 0.15) is 52.7 Å². The number of benzene rings is 2.